The summed E-state index contributed by atoms with van der Waals surface area (Å²) in [7, 11) is 1.75. The molecular formula is C17H14ClFN4O. The number of rotatable bonds is 1. The zero-order valence-corrected chi connectivity index (χ0v) is 13.7. The van der Waals surface area contributed by atoms with Crippen LogP contribution in [-0.2, 0) is 6.42 Å². The zero-order valence-electron chi connectivity index (χ0n) is 12.9. The van der Waals surface area contributed by atoms with E-state index < -0.39 is 0 Å². The van der Waals surface area contributed by atoms with Gasteiger partial charge < -0.3 is 0 Å². The fourth-order valence-corrected chi connectivity index (χ4v) is 3.19. The van der Waals surface area contributed by atoms with Crippen LogP contribution in [0.1, 0.15) is 16.1 Å². The van der Waals surface area contributed by atoms with E-state index in [0.29, 0.717) is 34.9 Å². The SMILES string of the molecule is CN1c2cccc(F)c2CCN1C(=O)c1cc2ccc(Cl)cn2n1. The van der Waals surface area contributed by atoms with Crippen LogP contribution in [0.2, 0.25) is 5.02 Å². The highest BCUT2D eigenvalue weighted by Gasteiger charge is 2.29. The maximum Gasteiger partial charge on any atom is 0.292 e. The van der Waals surface area contributed by atoms with Crippen LogP contribution >= 0.6 is 11.6 Å². The molecule has 1 amide bonds. The predicted molar refractivity (Wildman–Crippen MR) is 89.7 cm³/mol. The average molecular weight is 345 g/mol. The molecular weight excluding hydrogens is 331 g/mol. The van der Waals surface area contributed by atoms with Crippen LogP contribution in [0.25, 0.3) is 5.52 Å². The summed E-state index contributed by atoms with van der Waals surface area (Å²) in [6.07, 6.45) is 2.12. The first-order chi connectivity index (χ1) is 11.5. The number of halogens is 2. The van der Waals surface area contributed by atoms with Crippen molar-refractivity contribution < 1.29 is 9.18 Å². The summed E-state index contributed by atoms with van der Waals surface area (Å²) in [5.74, 6) is -0.471. The van der Waals surface area contributed by atoms with Crippen molar-refractivity contribution in [3.8, 4) is 0 Å². The second kappa shape index (κ2) is 5.49. The molecule has 0 atom stereocenters. The molecule has 3 heterocycles. The van der Waals surface area contributed by atoms with Crippen LogP contribution in [0, 0.1) is 5.82 Å². The third-order valence-electron chi connectivity index (χ3n) is 4.26. The Morgan fingerprint density at radius 3 is 2.96 bits per heavy atom. The monoisotopic (exact) mass is 344 g/mol. The molecule has 5 nitrogen and oxygen atoms in total. The number of pyridine rings is 1. The van der Waals surface area contributed by atoms with Crippen molar-refractivity contribution in [2.45, 2.75) is 6.42 Å². The largest absolute Gasteiger partial charge is 0.292 e. The molecule has 2 aromatic heterocycles. The van der Waals surface area contributed by atoms with Gasteiger partial charge in [0.2, 0.25) is 0 Å². The lowest BCUT2D eigenvalue weighted by Gasteiger charge is -2.38. The average Bonchev–Trinajstić information content (AvgIpc) is 2.98. The van der Waals surface area contributed by atoms with E-state index in [1.165, 1.54) is 6.07 Å². The van der Waals surface area contributed by atoms with Gasteiger partial charge in [0.25, 0.3) is 5.91 Å². The molecule has 0 N–H and O–H groups in total. The highest BCUT2D eigenvalue weighted by Crippen LogP contribution is 2.29. The second-order valence-electron chi connectivity index (χ2n) is 5.69. The number of hydrogen-bond acceptors (Lipinski definition) is 3. The Balaban J connectivity index is 1.69. The van der Waals surface area contributed by atoms with E-state index >= 15 is 0 Å². The van der Waals surface area contributed by atoms with Crippen molar-refractivity contribution in [2.24, 2.45) is 0 Å². The summed E-state index contributed by atoms with van der Waals surface area (Å²) in [6.45, 7) is 0.401. The Hall–Kier alpha value is -2.60. The van der Waals surface area contributed by atoms with Crippen LogP contribution in [0.3, 0.4) is 0 Å². The molecule has 4 rings (SSSR count). The molecule has 0 saturated heterocycles. The Morgan fingerprint density at radius 1 is 1.29 bits per heavy atom. The van der Waals surface area contributed by atoms with E-state index in [2.05, 4.69) is 5.10 Å². The molecule has 0 radical (unpaired) electrons. The molecule has 0 saturated carbocycles. The molecule has 0 fully saturated rings. The Kier molecular flexibility index (Phi) is 3.42. The number of carbonyl (C=O) groups is 1. The maximum atomic E-state index is 13.9. The first-order valence-corrected chi connectivity index (χ1v) is 7.90. The van der Waals surface area contributed by atoms with E-state index in [1.54, 1.807) is 58.1 Å². The highest BCUT2D eigenvalue weighted by atomic mass is 35.5. The molecule has 0 unspecified atom stereocenters. The summed E-state index contributed by atoms with van der Waals surface area (Å²) in [4.78, 5) is 12.8. The normalized spacial score (nSPS) is 14.1. The standard InChI is InChI=1S/C17H14ClFN4O/c1-21-16-4-2-3-14(19)13(16)7-8-23(21)17(24)15-9-12-6-5-11(18)10-22(12)20-15/h2-6,9-10H,7-8H2,1H3. The summed E-state index contributed by atoms with van der Waals surface area (Å²) in [5, 5.41) is 8.10. The third kappa shape index (κ3) is 2.30. The Labute approximate surface area is 142 Å². The Bertz CT molecular complexity index is 955. The third-order valence-corrected chi connectivity index (χ3v) is 4.48. The van der Waals surface area contributed by atoms with Gasteiger partial charge in [0.15, 0.2) is 5.69 Å². The van der Waals surface area contributed by atoms with Crippen molar-refractivity contribution in [2.75, 3.05) is 18.6 Å². The number of fused-ring (bicyclic) bond motifs is 2. The molecule has 0 spiro atoms. The van der Waals surface area contributed by atoms with Crippen molar-refractivity contribution in [3.05, 3.63) is 64.7 Å². The van der Waals surface area contributed by atoms with Crippen molar-refractivity contribution in [3.63, 3.8) is 0 Å². The van der Waals surface area contributed by atoms with E-state index in [1.807, 2.05) is 0 Å². The van der Waals surface area contributed by atoms with Gasteiger partial charge in [-0.2, -0.15) is 5.10 Å². The first kappa shape index (κ1) is 15.0. The topological polar surface area (TPSA) is 40.9 Å². The number of anilines is 1. The molecule has 7 heteroatoms. The zero-order chi connectivity index (χ0) is 16.8. The number of amides is 1. The Morgan fingerprint density at radius 2 is 2.12 bits per heavy atom. The van der Waals surface area contributed by atoms with Gasteiger partial charge in [0, 0.05) is 25.4 Å². The van der Waals surface area contributed by atoms with Crippen LogP contribution in [0.15, 0.2) is 42.6 Å². The van der Waals surface area contributed by atoms with Gasteiger partial charge >= 0.3 is 0 Å². The summed E-state index contributed by atoms with van der Waals surface area (Å²) >= 11 is 5.95. The molecule has 3 aromatic rings. The minimum Gasteiger partial charge on any atom is -0.285 e. The lowest BCUT2D eigenvalue weighted by atomic mass is 10.1. The number of hydrazine groups is 1. The smallest absolute Gasteiger partial charge is 0.285 e. The van der Waals surface area contributed by atoms with Gasteiger partial charge in [-0.15, -0.1) is 0 Å². The van der Waals surface area contributed by atoms with E-state index in [-0.39, 0.29) is 11.7 Å². The van der Waals surface area contributed by atoms with Crippen LogP contribution < -0.4 is 5.01 Å². The van der Waals surface area contributed by atoms with Gasteiger partial charge in [-0.1, -0.05) is 17.7 Å². The predicted octanol–water partition coefficient (Wildman–Crippen LogP) is 3.18. The van der Waals surface area contributed by atoms with Gasteiger partial charge in [0.05, 0.1) is 16.2 Å². The van der Waals surface area contributed by atoms with Crippen molar-refractivity contribution >= 4 is 28.7 Å². The molecule has 0 aliphatic carbocycles. The molecule has 1 aromatic carbocycles. The molecule has 1 aliphatic rings. The molecule has 0 bridgehead atoms. The molecule has 122 valence electrons. The lowest BCUT2D eigenvalue weighted by molar-refractivity contribution is 0.0731. The van der Waals surface area contributed by atoms with E-state index in [0.717, 1.165) is 5.52 Å². The fourth-order valence-electron chi connectivity index (χ4n) is 3.03. The number of aromatic nitrogens is 2. The van der Waals surface area contributed by atoms with Gasteiger partial charge in [0.1, 0.15) is 5.82 Å². The van der Waals surface area contributed by atoms with Crippen LogP contribution in [0.4, 0.5) is 10.1 Å². The van der Waals surface area contributed by atoms with Gasteiger partial charge in [-0.25, -0.2) is 13.9 Å². The van der Waals surface area contributed by atoms with Gasteiger partial charge in [-0.05, 0) is 36.8 Å². The highest BCUT2D eigenvalue weighted by molar-refractivity contribution is 6.30. The second-order valence-corrected chi connectivity index (χ2v) is 6.12. The first-order valence-electron chi connectivity index (χ1n) is 7.52. The quantitative estimate of drug-likeness (QED) is 0.681. The molecule has 1 aliphatic heterocycles. The molecule has 24 heavy (non-hydrogen) atoms. The summed E-state index contributed by atoms with van der Waals surface area (Å²) < 4.78 is 15.5. The minimum atomic E-state index is -0.242. The number of benzene rings is 1. The minimum absolute atomic E-state index is 0.229. The number of nitrogens with zero attached hydrogens (tertiary/aromatic N) is 4. The van der Waals surface area contributed by atoms with Crippen LogP contribution in [0.5, 0.6) is 0 Å². The summed E-state index contributed by atoms with van der Waals surface area (Å²) in [6, 6.07) is 10.2. The lowest BCUT2D eigenvalue weighted by Crippen LogP contribution is -2.48. The van der Waals surface area contributed by atoms with E-state index in [9.17, 15) is 9.18 Å². The summed E-state index contributed by atoms with van der Waals surface area (Å²) in [5.41, 5.74) is 2.44. The fraction of sp³-hybridized carbons (Fsp3) is 0.176. The van der Waals surface area contributed by atoms with Gasteiger partial charge in [-0.3, -0.25) is 9.80 Å². The van der Waals surface area contributed by atoms with Crippen molar-refractivity contribution in [1.29, 1.82) is 0 Å². The maximum absolute atomic E-state index is 13.9. The number of carbonyl (C=O) groups excluding carboxylic acids is 1. The van der Waals surface area contributed by atoms with E-state index in [4.69, 9.17) is 11.6 Å². The number of hydrogen-bond donors (Lipinski definition) is 0. The van der Waals surface area contributed by atoms with Crippen molar-refractivity contribution in [1.82, 2.24) is 14.6 Å². The van der Waals surface area contributed by atoms with Crippen LogP contribution in [-0.4, -0.2) is 34.1 Å².